The van der Waals surface area contributed by atoms with Crippen molar-refractivity contribution in [2.75, 3.05) is 23.9 Å². The van der Waals surface area contributed by atoms with E-state index in [1.54, 1.807) is 36.4 Å². The molecule has 1 heterocycles. The van der Waals surface area contributed by atoms with Gasteiger partial charge in [0.15, 0.2) is 21.3 Å². The summed E-state index contributed by atoms with van der Waals surface area (Å²) in [5, 5.41) is 1.17. The first-order valence-corrected chi connectivity index (χ1v) is 10.9. The van der Waals surface area contributed by atoms with Gasteiger partial charge >= 0.3 is 0 Å². The van der Waals surface area contributed by atoms with Crippen LogP contribution in [0.1, 0.15) is 24.2 Å². The minimum absolute atomic E-state index is 0.136. The highest BCUT2D eigenvalue weighted by molar-refractivity contribution is 7.94. The Kier molecular flexibility index (Phi) is 6.04. The summed E-state index contributed by atoms with van der Waals surface area (Å²) in [4.78, 5) is 14.9. The zero-order chi connectivity index (χ0) is 20.1. The third-order valence-electron chi connectivity index (χ3n) is 4.29. The molecule has 0 saturated heterocycles. The molecule has 3 rings (SSSR count). The quantitative estimate of drug-likeness (QED) is 0.711. The molecule has 0 aromatic heterocycles. The molecule has 28 heavy (non-hydrogen) atoms. The van der Waals surface area contributed by atoms with Crippen LogP contribution in [0.5, 0.6) is 11.5 Å². The minimum Gasteiger partial charge on any atom is -0.490 e. The van der Waals surface area contributed by atoms with Gasteiger partial charge in [-0.3, -0.25) is 4.79 Å². The summed E-state index contributed by atoms with van der Waals surface area (Å²) in [6.45, 7) is 4.64. The average molecular weight is 401 g/mol. The van der Waals surface area contributed by atoms with Crippen molar-refractivity contribution in [3.8, 4) is 11.5 Å². The minimum atomic E-state index is -3.31. The Morgan fingerprint density at radius 2 is 1.71 bits per heavy atom. The van der Waals surface area contributed by atoms with E-state index in [-0.39, 0.29) is 11.7 Å². The Hall–Kier alpha value is -2.80. The van der Waals surface area contributed by atoms with E-state index in [1.807, 2.05) is 32.0 Å². The molecule has 1 aliphatic rings. The molecule has 148 valence electrons. The number of ether oxygens (including phenoxy) is 2. The van der Waals surface area contributed by atoms with Crippen LogP contribution in [0.2, 0.25) is 0 Å². The lowest BCUT2D eigenvalue weighted by Crippen LogP contribution is -2.41. The molecule has 0 N–H and O–H groups in total. The van der Waals surface area contributed by atoms with Gasteiger partial charge in [0.2, 0.25) is 0 Å². The second-order valence-corrected chi connectivity index (χ2v) is 8.19. The predicted octanol–water partition coefficient (Wildman–Crippen LogP) is 3.44. The molecule has 0 radical (unpaired) electrons. The lowest BCUT2D eigenvalue weighted by Gasteiger charge is -2.28. The molecule has 0 spiro atoms. The van der Waals surface area contributed by atoms with Gasteiger partial charge in [-0.2, -0.15) is 0 Å². The number of carbonyl (C=O) groups is 1. The van der Waals surface area contributed by atoms with Crippen molar-refractivity contribution in [2.45, 2.75) is 19.9 Å². The highest BCUT2D eigenvalue weighted by Crippen LogP contribution is 2.31. The van der Waals surface area contributed by atoms with Gasteiger partial charge in [0, 0.05) is 16.7 Å². The summed E-state index contributed by atoms with van der Waals surface area (Å²) >= 11 is 0. The summed E-state index contributed by atoms with van der Waals surface area (Å²) in [5.74, 6) is 0.610. The molecule has 7 heteroatoms. The Morgan fingerprint density at radius 3 is 2.32 bits per heavy atom. The van der Waals surface area contributed by atoms with E-state index >= 15 is 0 Å². The van der Waals surface area contributed by atoms with Crippen LogP contribution in [0.4, 0.5) is 5.69 Å². The number of sulfone groups is 1. The van der Waals surface area contributed by atoms with Gasteiger partial charge in [-0.15, -0.1) is 0 Å². The largest absolute Gasteiger partial charge is 0.490 e. The SMILES string of the molecule is CCOc1ccc(C(=O)N(c2ccccc2)[C@H]2C=CS(=O)(=O)C2)cc1OCC. The molecule has 0 bridgehead atoms. The van der Waals surface area contributed by atoms with Gasteiger partial charge in [-0.25, -0.2) is 8.42 Å². The first kappa shape index (κ1) is 19.9. The van der Waals surface area contributed by atoms with Crippen molar-refractivity contribution in [1.82, 2.24) is 0 Å². The molecular weight excluding hydrogens is 378 g/mol. The molecule has 0 saturated carbocycles. The number of amides is 1. The maximum absolute atomic E-state index is 13.4. The Labute approximate surface area is 165 Å². The number of carbonyl (C=O) groups excluding carboxylic acids is 1. The third-order valence-corrected chi connectivity index (χ3v) is 5.66. The number of benzene rings is 2. The first-order valence-electron chi connectivity index (χ1n) is 9.14. The predicted molar refractivity (Wildman–Crippen MR) is 109 cm³/mol. The molecule has 0 fully saturated rings. The fourth-order valence-corrected chi connectivity index (χ4v) is 4.36. The number of para-hydroxylation sites is 1. The van der Waals surface area contributed by atoms with Crippen LogP contribution in [0.25, 0.3) is 0 Å². The van der Waals surface area contributed by atoms with Crippen molar-refractivity contribution < 1.29 is 22.7 Å². The molecule has 1 aliphatic heterocycles. The van der Waals surface area contributed by atoms with Crippen molar-refractivity contribution in [3.63, 3.8) is 0 Å². The van der Waals surface area contributed by atoms with Crippen LogP contribution >= 0.6 is 0 Å². The van der Waals surface area contributed by atoms with Crippen molar-refractivity contribution in [1.29, 1.82) is 0 Å². The molecular formula is C21H23NO5S. The third kappa shape index (κ3) is 4.36. The van der Waals surface area contributed by atoms with Gasteiger partial charge < -0.3 is 14.4 Å². The zero-order valence-electron chi connectivity index (χ0n) is 15.9. The van der Waals surface area contributed by atoms with Gasteiger partial charge in [-0.1, -0.05) is 18.2 Å². The Balaban J connectivity index is 2.00. The highest BCUT2D eigenvalue weighted by atomic mass is 32.2. The number of rotatable bonds is 7. The highest BCUT2D eigenvalue weighted by Gasteiger charge is 2.32. The fraction of sp³-hybridized carbons (Fsp3) is 0.286. The molecule has 0 aliphatic carbocycles. The molecule has 1 amide bonds. The van der Waals surface area contributed by atoms with E-state index in [2.05, 4.69) is 0 Å². The summed E-state index contributed by atoms with van der Waals surface area (Å²) in [5.41, 5.74) is 1.03. The molecule has 2 aromatic carbocycles. The maximum Gasteiger partial charge on any atom is 0.258 e. The van der Waals surface area contributed by atoms with Crippen molar-refractivity contribution in [3.05, 3.63) is 65.6 Å². The van der Waals surface area contributed by atoms with Crippen molar-refractivity contribution in [2.24, 2.45) is 0 Å². The average Bonchev–Trinajstić information content (AvgIpc) is 3.04. The summed E-state index contributed by atoms with van der Waals surface area (Å²) in [6.07, 6.45) is 1.55. The zero-order valence-corrected chi connectivity index (χ0v) is 16.7. The number of hydrogen-bond acceptors (Lipinski definition) is 5. The second kappa shape index (κ2) is 8.48. The van der Waals surface area contributed by atoms with Gasteiger partial charge in [-0.05, 0) is 50.3 Å². The molecule has 2 aromatic rings. The van der Waals surface area contributed by atoms with E-state index in [1.165, 1.54) is 10.3 Å². The van der Waals surface area contributed by atoms with Crippen LogP contribution < -0.4 is 14.4 Å². The summed E-state index contributed by atoms with van der Waals surface area (Å²) in [7, 11) is -3.31. The van der Waals surface area contributed by atoms with Crippen LogP contribution in [-0.2, 0) is 9.84 Å². The van der Waals surface area contributed by atoms with E-state index in [9.17, 15) is 13.2 Å². The lowest BCUT2D eigenvalue weighted by atomic mass is 10.1. The van der Waals surface area contributed by atoms with Crippen LogP contribution in [0.15, 0.2) is 60.0 Å². The smallest absolute Gasteiger partial charge is 0.258 e. The number of nitrogens with zero attached hydrogens (tertiary/aromatic N) is 1. The van der Waals surface area contributed by atoms with Crippen molar-refractivity contribution >= 4 is 21.4 Å². The van der Waals surface area contributed by atoms with E-state index in [0.29, 0.717) is 36.0 Å². The standard InChI is InChI=1S/C21H23NO5S/c1-3-26-19-11-10-16(14-20(19)27-4-2)21(23)22(17-8-6-5-7-9-17)18-12-13-28(24,25)15-18/h5-14,18H,3-4,15H2,1-2H3/t18-/m0/s1. The van der Waals surface area contributed by atoms with E-state index in [4.69, 9.17) is 9.47 Å². The number of hydrogen-bond donors (Lipinski definition) is 0. The van der Waals surface area contributed by atoms with Gasteiger partial charge in [0.25, 0.3) is 5.91 Å². The van der Waals surface area contributed by atoms with Gasteiger partial charge in [0.05, 0.1) is 25.0 Å². The lowest BCUT2D eigenvalue weighted by molar-refractivity contribution is 0.0982. The summed E-state index contributed by atoms with van der Waals surface area (Å²) < 4.78 is 35.0. The number of anilines is 1. The van der Waals surface area contributed by atoms with Crippen LogP contribution in [-0.4, -0.2) is 39.3 Å². The maximum atomic E-state index is 13.4. The van der Waals surface area contributed by atoms with Crippen LogP contribution in [0, 0.1) is 0 Å². The second-order valence-electron chi connectivity index (χ2n) is 6.26. The molecule has 6 nitrogen and oxygen atoms in total. The monoisotopic (exact) mass is 401 g/mol. The molecule has 0 unspecified atom stereocenters. The Morgan fingerprint density at radius 1 is 1.04 bits per heavy atom. The molecule has 1 atom stereocenters. The van der Waals surface area contributed by atoms with Gasteiger partial charge in [0.1, 0.15) is 0 Å². The fourth-order valence-electron chi connectivity index (χ4n) is 3.09. The van der Waals surface area contributed by atoms with E-state index < -0.39 is 15.9 Å². The first-order chi connectivity index (χ1) is 13.4. The topological polar surface area (TPSA) is 72.9 Å². The van der Waals surface area contributed by atoms with E-state index in [0.717, 1.165) is 0 Å². The normalized spacial score (nSPS) is 17.3. The van der Waals surface area contributed by atoms with Crippen LogP contribution in [0.3, 0.4) is 0 Å². The Bertz CT molecular complexity index is 970. The summed E-state index contributed by atoms with van der Waals surface area (Å²) in [6, 6.07) is 13.5.